The van der Waals surface area contributed by atoms with E-state index in [9.17, 15) is 14.9 Å². The molecule has 1 aromatic carbocycles. The summed E-state index contributed by atoms with van der Waals surface area (Å²) in [7, 11) is 6.62. The van der Waals surface area contributed by atoms with Gasteiger partial charge in [0.25, 0.3) is 5.91 Å². The van der Waals surface area contributed by atoms with Crippen LogP contribution in [0.15, 0.2) is 18.2 Å². The van der Waals surface area contributed by atoms with E-state index in [-0.39, 0.29) is 48.8 Å². The normalized spacial score (nSPS) is 29.2. The lowest BCUT2D eigenvalue weighted by molar-refractivity contribution is -0.147. The molecule has 1 aromatic rings. The van der Waals surface area contributed by atoms with Gasteiger partial charge in [-0.15, -0.1) is 0 Å². The van der Waals surface area contributed by atoms with Crippen LogP contribution in [0.3, 0.4) is 0 Å². The smallest absolute Gasteiger partial charge is 0.257 e. The minimum absolute atomic E-state index is 0.0233. The van der Waals surface area contributed by atoms with Gasteiger partial charge in [-0.05, 0) is 37.5 Å². The molecule has 0 aromatic heterocycles. The molecular weight excluding hydrogens is 438 g/mol. The predicted molar refractivity (Wildman–Crippen MR) is 125 cm³/mol. The second-order valence-electron chi connectivity index (χ2n) is 9.08. The Hall–Kier alpha value is -2.67. The first kappa shape index (κ1) is 25.9. The summed E-state index contributed by atoms with van der Waals surface area (Å²) in [5.74, 6) is -0.434. The van der Waals surface area contributed by atoms with Crippen molar-refractivity contribution in [3.63, 3.8) is 0 Å². The van der Waals surface area contributed by atoms with Crippen LogP contribution in [0.25, 0.3) is 0 Å². The predicted octanol–water partition coefficient (Wildman–Crippen LogP) is 2.08. The van der Waals surface area contributed by atoms with E-state index in [1.807, 2.05) is 6.92 Å². The summed E-state index contributed by atoms with van der Waals surface area (Å²) < 4.78 is 23.6. The third kappa shape index (κ3) is 5.87. The van der Waals surface area contributed by atoms with Crippen LogP contribution in [0.2, 0.25) is 0 Å². The molecular formula is C25H35N3O6. The highest BCUT2D eigenvalue weighted by atomic mass is 16.6. The Morgan fingerprint density at radius 2 is 1.79 bits per heavy atom. The fourth-order valence-electron chi connectivity index (χ4n) is 4.58. The molecule has 2 aliphatic heterocycles. The molecule has 2 heterocycles. The van der Waals surface area contributed by atoms with Gasteiger partial charge in [-0.2, -0.15) is 5.26 Å². The van der Waals surface area contributed by atoms with Gasteiger partial charge < -0.3 is 28.7 Å². The zero-order chi connectivity index (χ0) is 24.8. The zero-order valence-electron chi connectivity index (χ0n) is 20.7. The summed E-state index contributed by atoms with van der Waals surface area (Å²) in [6.07, 6.45) is 1.40. The number of rotatable bonds is 2. The molecule has 34 heavy (non-hydrogen) atoms. The lowest BCUT2D eigenvalue weighted by Crippen LogP contribution is -2.47. The van der Waals surface area contributed by atoms with Crippen LogP contribution in [-0.4, -0.2) is 94.0 Å². The largest absolute Gasteiger partial charge is 0.490 e. The maximum absolute atomic E-state index is 13.4. The number of carbonyl (C=O) groups is 2. The van der Waals surface area contributed by atoms with Crippen LogP contribution < -0.4 is 4.74 Å². The number of hydrogen-bond donors (Lipinski definition) is 0. The lowest BCUT2D eigenvalue weighted by Gasteiger charge is -2.37. The van der Waals surface area contributed by atoms with Gasteiger partial charge in [-0.1, -0.05) is 6.92 Å². The first-order chi connectivity index (χ1) is 16.3. The average molecular weight is 474 g/mol. The Kier molecular flexibility index (Phi) is 8.89. The molecule has 2 amide bonds. The van der Waals surface area contributed by atoms with Crippen LogP contribution in [0.4, 0.5) is 0 Å². The van der Waals surface area contributed by atoms with Gasteiger partial charge in [-0.25, -0.2) is 0 Å². The number of nitriles is 1. The Morgan fingerprint density at radius 1 is 1.06 bits per heavy atom. The Bertz CT molecular complexity index is 916. The molecule has 186 valence electrons. The number of hydrogen-bond acceptors (Lipinski definition) is 7. The molecule has 0 radical (unpaired) electrons. The number of carbonyl (C=O) groups excluding carboxylic acids is 2. The molecule has 1 saturated heterocycles. The van der Waals surface area contributed by atoms with E-state index in [1.165, 1.54) is 18.1 Å². The number of nitrogens with zero attached hydrogens (tertiary/aromatic N) is 3. The van der Waals surface area contributed by atoms with E-state index in [4.69, 9.17) is 18.9 Å². The van der Waals surface area contributed by atoms with Crippen LogP contribution in [0.1, 0.15) is 42.1 Å². The molecule has 2 aliphatic rings. The topological polar surface area (TPSA) is 101 Å². The van der Waals surface area contributed by atoms with Crippen LogP contribution >= 0.6 is 0 Å². The second-order valence-corrected chi connectivity index (χ2v) is 9.08. The van der Waals surface area contributed by atoms with Crippen molar-refractivity contribution >= 4 is 11.8 Å². The molecule has 9 nitrogen and oxygen atoms in total. The third-order valence-corrected chi connectivity index (χ3v) is 6.81. The first-order valence-electron chi connectivity index (χ1n) is 11.7. The van der Waals surface area contributed by atoms with E-state index in [2.05, 4.69) is 6.07 Å². The zero-order valence-corrected chi connectivity index (χ0v) is 20.7. The molecule has 5 atom stereocenters. The number of amides is 2. The van der Waals surface area contributed by atoms with Crippen molar-refractivity contribution in [3.8, 4) is 11.8 Å². The maximum Gasteiger partial charge on any atom is 0.257 e. The van der Waals surface area contributed by atoms with E-state index < -0.39 is 12.0 Å². The highest BCUT2D eigenvalue weighted by Crippen LogP contribution is 2.28. The van der Waals surface area contributed by atoms with Crippen molar-refractivity contribution in [1.82, 2.24) is 9.80 Å². The summed E-state index contributed by atoms with van der Waals surface area (Å²) in [5.41, 5.74) is 0.636. The lowest BCUT2D eigenvalue weighted by atomic mass is 9.98. The van der Waals surface area contributed by atoms with Crippen molar-refractivity contribution in [3.05, 3.63) is 29.3 Å². The standard InChI is InChI=1S/C25H35N3O6/c1-16-22(32-5)14-28(3)25(30)19-12-17(13-26)6-8-20(19)33-15-23-21(31-4)9-7-18(34-23)10-11-27(2)24(16)29/h6,8,12,16,18,21-23H,7,9-11,14-15H2,1-5H3/t16-,18+,21-,22-,23-/m1/s1. The summed E-state index contributed by atoms with van der Waals surface area (Å²) >= 11 is 0. The fraction of sp³-hybridized carbons (Fsp3) is 0.640. The van der Waals surface area contributed by atoms with Gasteiger partial charge in [0.2, 0.25) is 5.91 Å². The molecule has 3 rings (SSSR count). The van der Waals surface area contributed by atoms with Crippen molar-refractivity contribution in [2.45, 2.75) is 50.6 Å². The highest BCUT2D eigenvalue weighted by molar-refractivity contribution is 5.97. The minimum atomic E-state index is -0.488. The molecule has 0 saturated carbocycles. The first-order valence-corrected chi connectivity index (χ1v) is 11.7. The fourth-order valence-corrected chi connectivity index (χ4v) is 4.58. The van der Waals surface area contributed by atoms with Crippen LogP contribution in [0, 0.1) is 17.2 Å². The SMILES string of the molecule is CO[C@@H]1CC[C@H]2CCN(C)C(=O)[C@H](C)[C@H](OC)CN(C)C(=O)c3cc(C#N)ccc3OC[C@H]1O2. The molecule has 2 bridgehead atoms. The average Bonchev–Trinajstić information content (AvgIpc) is 2.86. The highest BCUT2D eigenvalue weighted by Gasteiger charge is 2.34. The quantitative estimate of drug-likeness (QED) is 0.648. The van der Waals surface area contributed by atoms with Crippen LogP contribution in [0.5, 0.6) is 5.75 Å². The van der Waals surface area contributed by atoms with Gasteiger partial charge in [0.1, 0.15) is 18.5 Å². The van der Waals surface area contributed by atoms with Gasteiger partial charge in [-0.3, -0.25) is 9.59 Å². The van der Waals surface area contributed by atoms with Crippen molar-refractivity contribution < 1.29 is 28.5 Å². The number of methoxy groups -OCH3 is 2. The van der Waals surface area contributed by atoms with Gasteiger partial charge in [0, 0.05) is 41.4 Å². The molecule has 0 N–H and O–H groups in total. The maximum atomic E-state index is 13.4. The summed E-state index contributed by atoms with van der Waals surface area (Å²) in [6.45, 7) is 2.80. The Labute approximate surface area is 201 Å². The third-order valence-electron chi connectivity index (χ3n) is 6.81. The monoisotopic (exact) mass is 473 g/mol. The van der Waals surface area contributed by atoms with E-state index in [0.29, 0.717) is 24.3 Å². The Morgan fingerprint density at radius 3 is 2.47 bits per heavy atom. The summed E-state index contributed by atoms with van der Waals surface area (Å²) in [6, 6.07) is 6.86. The van der Waals surface area contributed by atoms with Gasteiger partial charge in [0.05, 0.1) is 41.4 Å². The second kappa shape index (κ2) is 11.6. The molecule has 1 fully saturated rings. The number of fused-ring (bicyclic) bond motifs is 3. The van der Waals surface area contributed by atoms with E-state index in [1.54, 1.807) is 38.2 Å². The molecule has 0 spiro atoms. The minimum Gasteiger partial charge on any atom is -0.490 e. The van der Waals surface area contributed by atoms with Gasteiger partial charge >= 0.3 is 0 Å². The number of ether oxygens (including phenoxy) is 4. The van der Waals surface area contributed by atoms with Crippen LogP contribution in [-0.2, 0) is 19.0 Å². The molecule has 0 unspecified atom stereocenters. The van der Waals surface area contributed by atoms with E-state index >= 15 is 0 Å². The van der Waals surface area contributed by atoms with Crippen molar-refractivity contribution in [1.29, 1.82) is 5.26 Å². The molecule has 0 aliphatic carbocycles. The summed E-state index contributed by atoms with van der Waals surface area (Å²) in [4.78, 5) is 29.7. The van der Waals surface area contributed by atoms with Crippen molar-refractivity contribution in [2.24, 2.45) is 5.92 Å². The number of benzene rings is 1. The van der Waals surface area contributed by atoms with E-state index in [0.717, 1.165) is 12.8 Å². The van der Waals surface area contributed by atoms with Crippen molar-refractivity contribution in [2.75, 3.05) is 48.0 Å². The summed E-state index contributed by atoms with van der Waals surface area (Å²) in [5, 5.41) is 9.36. The Balaban J connectivity index is 1.96. The molecule has 9 heteroatoms. The number of likely N-dealkylation sites (N-methyl/N-ethyl adjacent to an activating group) is 1. The van der Waals surface area contributed by atoms with Gasteiger partial charge in [0.15, 0.2) is 0 Å².